The highest BCUT2D eigenvalue weighted by Gasteiger charge is 2.44. The van der Waals surface area contributed by atoms with Gasteiger partial charge in [-0.3, -0.25) is 0 Å². The molecule has 1 aromatic heterocycles. The Morgan fingerprint density at radius 2 is 1.75 bits per heavy atom. The highest BCUT2D eigenvalue weighted by Crippen LogP contribution is 2.34. The number of benzene rings is 2. The molecule has 3 aromatic rings. The largest absolute Gasteiger partial charge is 0.394 e. The number of aliphatic hydroxyl groups excluding tert-OH is 4. The van der Waals surface area contributed by atoms with Crippen LogP contribution in [0, 0.1) is 5.82 Å². The molecule has 0 unspecified atom stereocenters. The van der Waals surface area contributed by atoms with Crippen LogP contribution in [0.5, 0.6) is 0 Å². The van der Waals surface area contributed by atoms with Gasteiger partial charge >= 0.3 is 0 Å². The van der Waals surface area contributed by atoms with Crippen LogP contribution in [0.3, 0.4) is 0 Å². The van der Waals surface area contributed by atoms with E-state index in [1.807, 2.05) is 30.3 Å². The van der Waals surface area contributed by atoms with Gasteiger partial charge in [0.2, 0.25) is 0 Å². The monoisotopic (exact) mass is 404 g/mol. The van der Waals surface area contributed by atoms with Gasteiger partial charge in [-0.2, -0.15) is 0 Å². The first kappa shape index (κ1) is 19.4. The number of ether oxygens (including phenoxy) is 1. The predicted molar refractivity (Wildman–Crippen MR) is 104 cm³/mol. The number of aliphatic hydroxyl groups is 4. The zero-order chi connectivity index (χ0) is 19.8. The summed E-state index contributed by atoms with van der Waals surface area (Å²) in [4.78, 5) is 1.01. The minimum Gasteiger partial charge on any atom is -0.394 e. The van der Waals surface area contributed by atoms with E-state index in [-0.39, 0.29) is 5.82 Å². The van der Waals surface area contributed by atoms with Crippen LogP contribution in [-0.4, -0.2) is 51.4 Å². The van der Waals surface area contributed by atoms with Crippen molar-refractivity contribution in [2.24, 2.45) is 0 Å². The first-order valence-electron chi connectivity index (χ1n) is 9.04. The summed E-state index contributed by atoms with van der Waals surface area (Å²) in [6.07, 6.45) is -5.87. The van der Waals surface area contributed by atoms with Gasteiger partial charge in [0.15, 0.2) is 0 Å². The van der Waals surface area contributed by atoms with Crippen LogP contribution in [0.2, 0.25) is 0 Å². The first-order valence-corrected chi connectivity index (χ1v) is 9.86. The van der Waals surface area contributed by atoms with Crippen molar-refractivity contribution in [1.29, 1.82) is 0 Å². The van der Waals surface area contributed by atoms with Crippen molar-refractivity contribution in [3.05, 3.63) is 70.4 Å². The van der Waals surface area contributed by atoms with E-state index in [1.54, 1.807) is 17.4 Å². The molecule has 0 aliphatic carbocycles. The fourth-order valence-electron chi connectivity index (χ4n) is 3.60. The highest BCUT2D eigenvalue weighted by atomic mass is 32.1. The molecular weight excluding hydrogens is 383 g/mol. The molecule has 0 amide bonds. The fraction of sp³-hybridized carbons (Fsp3) is 0.333. The number of hydrogen-bond acceptors (Lipinski definition) is 6. The summed E-state index contributed by atoms with van der Waals surface area (Å²) in [5.41, 5.74) is 0.926. The average molecular weight is 404 g/mol. The Morgan fingerprint density at radius 1 is 0.964 bits per heavy atom. The Kier molecular flexibility index (Phi) is 5.46. The second kappa shape index (κ2) is 7.87. The summed E-state index contributed by atoms with van der Waals surface area (Å²) >= 11 is 1.59. The summed E-state index contributed by atoms with van der Waals surface area (Å²) in [6, 6.07) is 14.4. The standard InChI is InChI=1S/C21H21FO5S/c22-15-6-5-12(21-20(26)19(25)18(24)16(10-23)27-21)7-13(15)9-14-8-11-3-1-2-4-17(11)28-14/h1-8,16,18-21,23-26H,9-10H2/t16-,18-,19-,20+,21+/m0/s1. The predicted octanol–water partition coefficient (Wildman–Crippen LogP) is 2.15. The summed E-state index contributed by atoms with van der Waals surface area (Å²) in [5.74, 6) is -0.370. The zero-order valence-electron chi connectivity index (χ0n) is 14.9. The van der Waals surface area contributed by atoms with Crippen LogP contribution in [0.15, 0.2) is 48.5 Å². The molecule has 0 saturated carbocycles. The van der Waals surface area contributed by atoms with Crippen molar-refractivity contribution in [2.45, 2.75) is 36.9 Å². The maximum absolute atomic E-state index is 14.4. The lowest BCUT2D eigenvalue weighted by Crippen LogP contribution is -2.55. The molecule has 1 fully saturated rings. The zero-order valence-corrected chi connectivity index (χ0v) is 15.7. The lowest BCUT2D eigenvalue weighted by Gasteiger charge is -2.40. The van der Waals surface area contributed by atoms with E-state index in [0.717, 1.165) is 15.0 Å². The minimum absolute atomic E-state index is 0.370. The van der Waals surface area contributed by atoms with Crippen LogP contribution in [0.1, 0.15) is 22.1 Å². The van der Waals surface area contributed by atoms with Crippen molar-refractivity contribution in [3.63, 3.8) is 0 Å². The lowest BCUT2D eigenvalue weighted by atomic mass is 9.90. The van der Waals surface area contributed by atoms with Crippen LogP contribution >= 0.6 is 11.3 Å². The van der Waals surface area contributed by atoms with E-state index in [0.29, 0.717) is 17.5 Å². The van der Waals surface area contributed by atoms with Gasteiger partial charge in [0.25, 0.3) is 0 Å². The van der Waals surface area contributed by atoms with Crippen molar-refractivity contribution in [1.82, 2.24) is 0 Å². The number of rotatable bonds is 4. The highest BCUT2D eigenvalue weighted by molar-refractivity contribution is 7.19. The van der Waals surface area contributed by atoms with Crippen molar-refractivity contribution >= 4 is 21.4 Å². The van der Waals surface area contributed by atoms with Gasteiger partial charge in [0, 0.05) is 16.0 Å². The fourth-order valence-corrected chi connectivity index (χ4v) is 4.68. The van der Waals surface area contributed by atoms with Gasteiger partial charge in [0.1, 0.15) is 36.3 Å². The second-order valence-electron chi connectivity index (χ2n) is 7.03. The number of halogens is 1. The molecule has 1 aliphatic rings. The smallest absolute Gasteiger partial charge is 0.126 e. The Balaban J connectivity index is 1.63. The summed E-state index contributed by atoms with van der Waals surface area (Å²) in [5, 5.41) is 40.7. The topological polar surface area (TPSA) is 90.2 Å². The molecule has 4 N–H and O–H groups in total. The third-order valence-corrected chi connectivity index (χ3v) is 6.25. The van der Waals surface area contributed by atoms with Crippen molar-refractivity contribution in [3.8, 4) is 0 Å². The van der Waals surface area contributed by atoms with Crippen molar-refractivity contribution in [2.75, 3.05) is 6.61 Å². The van der Waals surface area contributed by atoms with Gasteiger partial charge in [-0.1, -0.05) is 24.3 Å². The van der Waals surface area contributed by atoms with E-state index in [2.05, 4.69) is 0 Å². The van der Waals surface area contributed by atoms with E-state index >= 15 is 0 Å². The second-order valence-corrected chi connectivity index (χ2v) is 8.20. The molecule has 0 bridgehead atoms. The summed E-state index contributed by atoms with van der Waals surface area (Å²) in [7, 11) is 0. The Morgan fingerprint density at radius 3 is 2.50 bits per heavy atom. The van der Waals surface area contributed by atoms with Gasteiger partial charge in [-0.15, -0.1) is 11.3 Å². The Labute approximate surface area is 165 Å². The molecule has 0 radical (unpaired) electrons. The van der Waals surface area contributed by atoms with E-state index in [9.17, 15) is 24.8 Å². The molecule has 148 valence electrons. The Hall–Kier alpha value is -1.87. The summed E-state index contributed by atoms with van der Waals surface area (Å²) in [6.45, 7) is -0.503. The van der Waals surface area contributed by atoms with Crippen LogP contribution < -0.4 is 0 Å². The molecule has 2 heterocycles. The average Bonchev–Trinajstić information content (AvgIpc) is 3.11. The van der Waals surface area contributed by atoms with E-state index < -0.39 is 37.1 Å². The van der Waals surface area contributed by atoms with Crippen LogP contribution in [0.25, 0.3) is 10.1 Å². The molecule has 2 aromatic carbocycles. The van der Waals surface area contributed by atoms with Gasteiger partial charge in [-0.25, -0.2) is 4.39 Å². The van der Waals surface area contributed by atoms with E-state index in [4.69, 9.17) is 4.74 Å². The summed E-state index contributed by atoms with van der Waals surface area (Å²) < 4.78 is 21.1. The molecule has 28 heavy (non-hydrogen) atoms. The maximum Gasteiger partial charge on any atom is 0.126 e. The normalized spacial score (nSPS) is 28.0. The third-order valence-electron chi connectivity index (χ3n) is 5.13. The quantitative estimate of drug-likeness (QED) is 0.535. The number of hydrogen-bond donors (Lipinski definition) is 4. The maximum atomic E-state index is 14.4. The molecule has 1 aliphatic heterocycles. The molecule has 1 saturated heterocycles. The molecule has 4 rings (SSSR count). The van der Waals surface area contributed by atoms with Crippen molar-refractivity contribution < 1.29 is 29.6 Å². The molecule has 0 spiro atoms. The van der Waals surface area contributed by atoms with Crippen LogP contribution in [0.4, 0.5) is 4.39 Å². The SMILES string of the molecule is OC[C@@H]1O[C@H](c2ccc(F)c(Cc3cc4ccccc4s3)c2)[C@H](O)[C@@H](O)[C@H]1O. The van der Waals surface area contributed by atoms with Gasteiger partial charge in [0.05, 0.1) is 6.61 Å². The molecule has 5 nitrogen and oxygen atoms in total. The van der Waals surface area contributed by atoms with E-state index in [1.165, 1.54) is 12.1 Å². The Bertz CT molecular complexity index is 939. The van der Waals surface area contributed by atoms with Gasteiger partial charge in [-0.05, 0) is 40.8 Å². The molecular formula is C21H21FO5S. The first-order chi connectivity index (χ1) is 13.5. The number of thiophene rings is 1. The molecule has 7 heteroatoms. The molecule has 5 atom stereocenters. The number of fused-ring (bicyclic) bond motifs is 1. The third kappa shape index (κ3) is 3.57. The van der Waals surface area contributed by atoms with Crippen LogP contribution in [-0.2, 0) is 11.2 Å². The lowest BCUT2D eigenvalue weighted by molar-refractivity contribution is -0.231. The van der Waals surface area contributed by atoms with Gasteiger partial charge < -0.3 is 25.2 Å². The minimum atomic E-state index is -1.47.